The minimum atomic E-state index is -3.86. The van der Waals surface area contributed by atoms with Gasteiger partial charge in [0, 0.05) is 11.3 Å². The molecule has 3 rings (SSSR count). The molecule has 6 nitrogen and oxygen atoms in total. The highest BCUT2D eigenvalue weighted by molar-refractivity contribution is 7.92. The zero-order valence-electron chi connectivity index (χ0n) is 15.6. The summed E-state index contributed by atoms with van der Waals surface area (Å²) >= 11 is 0. The molecule has 146 valence electrons. The van der Waals surface area contributed by atoms with Crippen LogP contribution in [0.2, 0.25) is 0 Å². The number of esters is 1. The Morgan fingerprint density at radius 2 is 1.79 bits per heavy atom. The van der Waals surface area contributed by atoms with Crippen LogP contribution in [-0.4, -0.2) is 14.4 Å². The molecule has 0 unspecified atom stereocenters. The Labute approximate surface area is 169 Å². The summed E-state index contributed by atoms with van der Waals surface area (Å²) in [5.74, 6) is -0.676. The molecule has 29 heavy (non-hydrogen) atoms. The molecule has 0 amide bonds. The molecule has 0 spiro atoms. The molecule has 0 aliphatic heterocycles. The number of aryl methyl sites for hydroxylation is 1. The fraction of sp³-hybridized carbons (Fsp3) is 0.0909. The molecule has 3 aromatic rings. The minimum Gasteiger partial charge on any atom is -0.457 e. The van der Waals surface area contributed by atoms with Crippen molar-refractivity contribution in [1.29, 1.82) is 5.26 Å². The fourth-order valence-electron chi connectivity index (χ4n) is 2.69. The van der Waals surface area contributed by atoms with Gasteiger partial charge in [-0.2, -0.15) is 5.26 Å². The lowest BCUT2D eigenvalue weighted by atomic mass is 10.1. The number of nitrogens with zero attached hydrogens (tertiary/aromatic N) is 1. The summed E-state index contributed by atoms with van der Waals surface area (Å²) < 4.78 is 33.1. The monoisotopic (exact) mass is 406 g/mol. The van der Waals surface area contributed by atoms with Gasteiger partial charge >= 0.3 is 5.97 Å². The molecule has 3 aromatic carbocycles. The van der Waals surface area contributed by atoms with Crippen LogP contribution in [0.4, 0.5) is 5.69 Å². The van der Waals surface area contributed by atoms with E-state index in [0.29, 0.717) is 16.8 Å². The quantitative estimate of drug-likeness (QED) is 0.624. The van der Waals surface area contributed by atoms with E-state index in [9.17, 15) is 13.2 Å². The molecular formula is C22H18N2O4S. The molecule has 0 radical (unpaired) electrons. The van der Waals surface area contributed by atoms with Crippen LogP contribution in [0.5, 0.6) is 0 Å². The normalized spacial score (nSPS) is 10.8. The zero-order chi connectivity index (χ0) is 20.9. The number of nitriles is 1. The lowest BCUT2D eigenvalue weighted by molar-refractivity contribution is 0.0472. The third kappa shape index (κ3) is 5.00. The van der Waals surface area contributed by atoms with Crippen LogP contribution in [0.3, 0.4) is 0 Å². The number of nitrogens with one attached hydrogen (secondary N) is 1. The second kappa shape index (κ2) is 8.59. The first-order valence-electron chi connectivity index (χ1n) is 8.74. The number of hydrogen-bond acceptors (Lipinski definition) is 5. The molecule has 0 aliphatic rings. The Balaban J connectivity index is 1.76. The van der Waals surface area contributed by atoms with Gasteiger partial charge in [-0.25, -0.2) is 13.2 Å². The Kier molecular flexibility index (Phi) is 5.96. The standard InChI is InChI=1S/C22H18N2O4S/c1-16-6-4-10-20(12-16)24-29(26,27)21-11-5-9-17(13-21)22(25)28-15-19-8-3-2-7-18(19)14-23/h2-13,24H,15H2,1H3. The number of ether oxygens (including phenoxy) is 1. The highest BCUT2D eigenvalue weighted by Gasteiger charge is 2.17. The van der Waals surface area contributed by atoms with Crippen LogP contribution in [0, 0.1) is 18.3 Å². The molecule has 0 saturated carbocycles. The predicted octanol–water partition coefficient (Wildman–Crippen LogP) is 4.02. The summed E-state index contributed by atoms with van der Waals surface area (Å²) in [7, 11) is -3.86. The summed E-state index contributed by atoms with van der Waals surface area (Å²) in [5, 5.41) is 9.10. The van der Waals surface area contributed by atoms with Crippen LogP contribution in [0.25, 0.3) is 0 Å². The number of benzene rings is 3. The lowest BCUT2D eigenvalue weighted by Gasteiger charge is -2.10. The maximum atomic E-state index is 12.7. The van der Waals surface area contributed by atoms with Gasteiger partial charge in [-0.1, -0.05) is 36.4 Å². The maximum absolute atomic E-state index is 12.7. The molecule has 0 saturated heterocycles. The summed E-state index contributed by atoms with van der Waals surface area (Å²) in [4.78, 5) is 12.3. The highest BCUT2D eigenvalue weighted by Crippen LogP contribution is 2.19. The van der Waals surface area contributed by atoms with Gasteiger partial charge < -0.3 is 4.74 Å². The summed E-state index contributed by atoms with van der Waals surface area (Å²) in [6, 6.07) is 21.4. The zero-order valence-corrected chi connectivity index (χ0v) is 16.4. The first-order chi connectivity index (χ1) is 13.9. The Bertz CT molecular complexity index is 1200. The Hall–Kier alpha value is -3.63. The molecule has 0 aromatic heterocycles. The topological polar surface area (TPSA) is 96.3 Å². The highest BCUT2D eigenvalue weighted by atomic mass is 32.2. The number of carbonyl (C=O) groups is 1. The van der Waals surface area contributed by atoms with E-state index >= 15 is 0 Å². The van der Waals surface area contributed by atoms with Crippen LogP contribution >= 0.6 is 0 Å². The molecule has 0 fully saturated rings. The molecule has 1 N–H and O–H groups in total. The van der Waals surface area contributed by atoms with Gasteiger partial charge in [0.05, 0.1) is 22.1 Å². The van der Waals surface area contributed by atoms with Crippen LogP contribution < -0.4 is 4.72 Å². The number of anilines is 1. The molecular weight excluding hydrogens is 388 g/mol. The van der Waals surface area contributed by atoms with Crippen molar-refractivity contribution >= 4 is 21.7 Å². The third-order valence-corrected chi connectivity index (χ3v) is 5.53. The number of rotatable bonds is 6. The van der Waals surface area contributed by atoms with Gasteiger partial charge in [0.1, 0.15) is 6.61 Å². The summed E-state index contributed by atoms with van der Waals surface area (Å²) in [6.45, 7) is 1.78. The maximum Gasteiger partial charge on any atom is 0.338 e. The number of carbonyl (C=O) groups excluding carboxylic acids is 1. The van der Waals surface area contributed by atoms with E-state index in [1.807, 2.05) is 19.1 Å². The van der Waals surface area contributed by atoms with Crippen LogP contribution in [-0.2, 0) is 21.4 Å². The van der Waals surface area contributed by atoms with Crippen molar-refractivity contribution in [1.82, 2.24) is 0 Å². The van der Waals surface area contributed by atoms with E-state index in [2.05, 4.69) is 4.72 Å². The number of hydrogen-bond donors (Lipinski definition) is 1. The molecule has 7 heteroatoms. The van der Waals surface area contributed by atoms with Crippen molar-refractivity contribution in [2.24, 2.45) is 0 Å². The van der Waals surface area contributed by atoms with Gasteiger partial charge in [0.2, 0.25) is 0 Å². The van der Waals surface area contributed by atoms with Crippen molar-refractivity contribution in [3.63, 3.8) is 0 Å². The van der Waals surface area contributed by atoms with Crippen molar-refractivity contribution in [2.45, 2.75) is 18.4 Å². The number of sulfonamides is 1. The van der Waals surface area contributed by atoms with Gasteiger partial charge in [-0.05, 0) is 48.9 Å². The van der Waals surface area contributed by atoms with E-state index in [0.717, 1.165) is 5.56 Å². The molecule has 0 heterocycles. The first kappa shape index (κ1) is 20.1. The smallest absolute Gasteiger partial charge is 0.338 e. The summed E-state index contributed by atoms with van der Waals surface area (Å²) in [5.41, 5.74) is 2.45. The van der Waals surface area contributed by atoms with Crippen LogP contribution in [0.1, 0.15) is 27.0 Å². The van der Waals surface area contributed by atoms with Gasteiger partial charge in [-0.3, -0.25) is 4.72 Å². The molecule has 0 aliphatic carbocycles. The van der Waals surface area contributed by atoms with E-state index in [4.69, 9.17) is 10.00 Å². The molecule has 0 atom stereocenters. The Morgan fingerprint density at radius 1 is 1.03 bits per heavy atom. The fourth-order valence-corrected chi connectivity index (χ4v) is 3.79. The SMILES string of the molecule is Cc1cccc(NS(=O)(=O)c2cccc(C(=O)OCc3ccccc3C#N)c2)c1. The van der Waals surface area contributed by atoms with Crippen molar-refractivity contribution in [3.05, 3.63) is 95.1 Å². The van der Waals surface area contributed by atoms with Crippen molar-refractivity contribution in [2.75, 3.05) is 4.72 Å². The van der Waals surface area contributed by atoms with E-state index in [1.165, 1.54) is 24.3 Å². The largest absolute Gasteiger partial charge is 0.457 e. The second-order valence-corrected chi connectivity index (χ2v) is 8.03. The van der Waals surface area contributed by atoms with E-state index in [-0.39, 0.29) is 17.1 Å². The second-order valence-electron chi connectivity index (χ2n) is 6.35. The predicted molar refractivity (Wildman–Crippen MR) is 109 cm³/mol. The first-order valence-corrected chi connectivity index (χ1v) is 10.2. The lowest BCUT2D eigenvalue weighted by Crippen LogP contribution is -2.14. The minimum absolute atomic E-state index is 0.0501. The molecule has 0 bridgehead atoms. The Morgan fingerprint density at radius 3 is 2.55 bits per heavy atom. The van der Waals surface area contributed by atoms with Crippen molar-refractivity contribution < 1.29 is 17.9 Å². The average molecular weight is 406 g/mol. The average Bonchev–Trinajstić information content (AvgIpc) is 2.72. The van der Waals surface area contributed by atoms with Crippen LogP contribution in [0.15, 0.2) is 77.7 Å². The van der Waals surface area contributed by atoms with E-state index < -0.39 is 16.0 Å². The van der Waals surface area contributed by atoms with Gasteiger partial charge in [0.15, 0.2) is 0 Å². The van der Waals surface area contributed by atoms with Gasteiger partial charge in [0.25, 0.3) is 10.0 Å². The van der Waals surface area contributed by atoms with E-state index in [1.54, 1.807) is 42.5 Å². The van der Waals surface area contributed by atoms with Gasteiger partial charge in [-0.15, -0.1) is 0 Å². The third-order valence-electron chi connectivity index (χ3n) is 4.15. The summed E-state index contributed by atoms with van der Waals surface area (Å²) in [6.07, 6.45) is 0. The van der Waals surface area contributed by atoms with Crippen molar-refractivity contribution in [3.8, 4) is 6.07 Å².